The topological polar surface area (TPSA) is 39.1 Å². The van der Waals surface area contributed by atoms with Crippen molar-refractivity contribution in [2.45, 2.75) is 45.4 Å². The number of ether oxygens (including phenoxy) is 1. The van der Waals surface area contributed by atoms with Crippen LogP contribution in [0.5, 0.6) is 0 Å². The molecule has 0 radical (unpaired) electrons. The SMILES string of the molecule is CC(C)C1CC(NCc2ccnn2C)CCO1. The Labute approximate surface area is 103 Å². The monoisotopic (exact) mass is 237 g/mol. The summed E-state index contributed by atoms with van der Waals surface area (Å²) in [7, 11) is 1.98. The maximum absolute atomic E-state index is 5.77. The first kappa shape index (κ1) is 12.6. The van der Waals surface area contributed by atoms with Crippen LogP contribution in [-0.2, 0) is 18.3 Å². The lowest BCUT2D eigenvalue weighted by Crippen LogP contribution is -2.40. The van der Waals surface area contributed by atoms with E-state index in [1.807, 2.05) is 17.9 Å². The van der Waals surface area contributed by atoms with Gasteiger partial charge in [-0.25, -0.2) is 0 Å². The molecule has 1 N–H and O–H groups in total. The van der Waals surface area contributed by atoms with Crippen molar-refractivity contribution < 1.29 is 4.74 Å². The molecule has 2 rings (SSSR count). The summed E-state index contributed by atoms with van der Waals surface area (Å²) in [6.45, 7) is 6.24. The fourth-order valence-corrected chi connectivity index (χ4v) is 2.30. The van der Waals surface area contributed by atoms with Gasteiger partial charge in [0.05, 0.1) is 11.8 Å². The number of rotatable bonds is 4. The predicted molar refractivity (Wildman–Crippen MR) is 67.6 cm³/mol. The van der Waals surface area contributed by atoms with Gasteiger partial charge in [0.25, 0.3) is 0 Å². The van der Waals surface area contributed by atoms with Gasteiger partial charge in [-0.15, -0.1) is 0 Å². The van der Waals surface area contributed by atoms with E-state index in [2.05, 4.69) is 30.3 Å². The van der Waals surface area contributed by atoms with Crippen LogP contribution in [0.4, 0.5) is 0 Å². The fourth-order valence-electron chi connectivity index (χ4n) is 2.30. The highest BCUT2D eigenvalue weighted by atomic mass is 16.5. The zero-order chi connectivity index (χ0) is 12.3. The van der Waals surface area contributed by atoms with Crippen LogP contribution in [0, 0.1) is 5.92 Å². The molecule has 96 valence electrons. The van der Waals surface area contributed by atoms with E-state index >= 15 is 0 Å². The van der Waals surface area contributed by atoms with Crippen LogP contribution in [0.15, 0.2) is 12.3 Å². The number of hydrogen-bond acceptors (Lipinski definition) is 3. The largest absolute Gasteiger partial charge is 0.378 e. The highest BCUT2D eigenvalue weighted by Crippen LogP contribution is 2.20. The summed E-state index contributed by atoms with van der Waals surface area (Å²) in [5, 5.41) is 7.78. The van der Waals surface area contributed by atoms with Gasteiger partial charge in [-0.1, -0.05) is 13.8 Å². The van der Waals surface area contributed by atoms with E-state index < -0.39 is 0 Å². The van der Waals surface area contributed by atoms with Crippen LogP contribution in [0.25, 0.3) is 0 Å². The summed E-state index contributed by atoms with van der Waals surface area (Å²) < 4.78 is 7.70. The zero-order valence-electron chi connectivity index (χ0n) is 11.0. The van der Waals surface area contributed by atoms with Crippen molar-refractivity contribution in [1.82, 2.24) is 15.1 Å². The van der Waals surface area contributed by atoms with Crippen LogP contribution in [-0.4, -0.2) is 28.5 Å². The van der Waals surface area contributed by atoms with Crippen molar-refractivity contribution in [3.8, 4) is 0 Å². The third-order valence-corrected chi connectivity index (χ3v) is 3.55. The molecule has 0 bridgehead atoms. The summed E-state index contributed by atoms with van der Waals surface area (Å²) in [4.78, 5) is 0. The summed E-state index contributed by atoms with van der Waals surface area (Å²) in [6.07, 6.45) is 4.49. The van der Waals surface area contributed by atoms with Gasteiger partial charge in [-0.3, -0.25) is 4.68 Å². The standard InChI is InChI=1S/C13H23N3O/c1-10(2)13-8-11(5-7-17-13)14-9-12-4-6-15-16(12)3/h4,6,10-11,13-14H,5,7-9H2,1-3H3. The molecule has 1 saturated heterocycles. The third kappa shape index (κ3) is 3.30. The minimum atomic E-state index is 0.410. The van der Waals surface area contributed by atoms with Gasteiger partial charge in [0.15, 0.2) is 0 Å². The smallest absolute Gasteiger partial charge is 0.0612 e. The Bertz CT molecular complexity index is 348. The van der Waals surface area contributed by atoms with Gasteiger partial charge in [0, 0.05) is 32.4 Å². The first-order valence-corrected chi connectivity index (χ1v) is 6.48. The number of nitrogens with one attached hydrogen (secondary N) is 1. The van der Waals surface area contributed by atoms with Crippen LogP contribution >= 0.6 is 0 Å². The van der Waals surface area contributed by atoms with Crippen molar-refractivity contribution in [3.63, 3.8) is 0 Å². The quantitative estimate of drug-likeness (QED) is 0.866. The maximum atomic E-state index is 5.77. The average Bonchev–Trinajstić information content (AvgIpc) is 2.72. The number of nitrogens with zero attached hydrogens (tertiary/aromatic N) is 2. The molecule has 17 heavy (non-hydrogen) atoms. The Morgan fingerprint density at radius 2 is 2.41 bits per heavy atom. The number of aromatic nitrogens is 2. The zero-order valence-corrected chi connectivity index (χ0v) is 11.0. The average molecular weight is 237 g/mol. The van der Waals surface area contributed by atoms with E-state index in [4.69, 9.17) is 4.74 Å². The molecule has 1 fully saturated rings. The second-order valence-electron chi connectivity index (χ2n) is 5.20. The minimum Gasteiger partial charge on any atom is -0.378 e. The summed E-state index contributed by atoms with van der Waals surface area (Å²) in [6, 6.07) is 2.64. The highest BCUT2D eigenvalue weighted by Gasteiger charge is 2.24. The van der Waals surface area contributed by atoms with E-state index in [1.54, 1.807) is 0 Å². The van der Waals surface area contributed by atoms with Crippen molar-refractivity contribution >= 4 is 0 Å². The molecule has 1 aliphatic heterocycles. The molecule has 0 amide bonds. The molecular weight excluding hydrogens is 214 g/mol. The molecule has 1 aliphatic rings. The lowest BCUT2D eigenvalue weighted by atomic mass is 9.95. The second kappa shape index (κ2) is 5.65. The molecule has 0 saturated carbocycles. The summed E-state index contributed by atoms with van der Waals surface area (Å²) in [5.74, 6) is 0.608. The van der Waals surface area contributed by atoms with E-state index in [-0.39, 0.29) is 0 Å². The Kier molecular flexibility index (Phi) is 4.18. The maximum Gasteiger partial charge on any atom is 0.0612 e. The molecule has 0 aromatic carbocycles. The van der Waals surface area contributed by atoms with Crippen LogP contribution in [0.2, 0.25) is 0 Å². The lowest BCUT2D eigenvalue weighted by Gasteiger charge is -2.32. The molecular formula is C13H23N3O. The van der Waals surface area contributed by atoms with Gasteiger partial charge < -0.3 is 10.1 Å². The molecule has 2 atom stereocenters. The molecule has 4 heteroatoms. The van der Waals surface area contributed by atoms with Gasteiger partial charge in [-0.2, -0.15) is 5.10 Å². The molecule has 1 aromatic rings. The van der Waals surface area contributed by atoms with Gasteiger partial charge in [0.1, 0.15) is 0 Å². The Hall–Kier alpha value is -0.870. The normalized spacial score (nSPS) is 25.4. The Balaban J connectivity index is 1.81. The minimum absolute atomic E-state index is 0.410. The van der Waals surface area contributed by atoms with Crippen molar-refractivity contribution in [3.05, 3.63) is 18.0 Å². The molecule has 0 spiro atoms. The molecule has 4 nitrogen and oxygen atoms in total. The van der Waals surface area contributed by atoms with Crippen molar-refractivity contribution in [1.29, 1.82) is 0 Å². The van der Waals surface area contributed by atoms with Gasteiger partial charge in [0.2, 0.25) is 0 Å². The molecule has 2 unspecified atom stereocenters. The summed E-state index contributed by atoms with van der Waals surface area (Å²) in [5.41, 5.74) is 1.23. The Morgan fingerprint density at radius 1 is 1.59 bits per heavy atom. The summed E-state index contributed by atoms with van der Waals surface area (Å²) >= 11 is 0. The second-order valence-corrected chi connectivity index (χ2v) is 5.20. The van der Waals surface area contributed by atoms with E-state index in [0.29, 0.717) is 18.1 Å². The number of hydrogen-bond donors (Lipinski definition) is 1. The first-order chi connectivity index (χ1) is 8.16. The van der Waals surface area contributed by atoms with E-state index in [0.717, 1.165) is 26.0 Å². The molecule has 0 aliphatic carbocycles. The molecule has 2 heterocycles. The van der Waals surface area contributed by atoms with Gasteiger partial charge in [-0.05, 0) is 24.8 Å². The van der Waals surface area contributed by atoms with E-state index in [1.165, 1.54) is 5.69 Å². The lowest BCUT2D eigenvalue weighted by molar-refractivity contribution is -0.0246. The van der Waals surface area contributed by atoms with E-state index in [9.17, 15) is 0 Å². The van der Waals surface area contributed by atoms with Crippen LogP contribution in [0.1, 0.15) is 32.4 Å². The fraction of sp³-hybridized carbons (Fsp3) is 0.769. The number of aryl methyl sites for hydroxylation is 1. The highest BCUT2D eigenvalue weighted by molar-refractivity contribution is 4.99. The third-order valence-electron chi connectivity index (χ3n) is 3.55. The van der Waals surface area contributed by atoms with Crippen molar-refractivity contribution in [2.75, 3.05) is 6.61 Å². The first-order valence-electron chi connectivity index (χ1n) is 6.48. The van der Waals surface area contributed by atoms with Crippen LogP contribution in [0.3, 0.4) is 0 Å². The van der Waals surface area contributed by atoms with Gasteiger partial charge >= 0.3 is 0 Å². The predicted octanol–water partition coefficient (Wildman–Crippen LogP) is 1.71. The van der Waals surface area contributed by atoms with Crippen LogP contribution < -0.4 is 5.32 Å². The Morgan fingerprint density at radius 3 is 3.06 bits per heavy atom. The molecule has 1 aromatic heterocycles. The van der Waals surface area contributed by atoms with Crippen molar-refractivity contribution in [2.24, 2.45) is 13.0 Å².